The summed E-state index contributed by atoms with van der Waals surface area (Å²) in [7, 11) is 1.32. The molecule has 0 aromatic rings. The van der Waals surface area contributed by atoms with Crippen LogP contribution in [0.5, 0.6) is 0 Å². The maximum atomic E-state index is 12.3. The number of methoxy groups -OCH3 is 1. The number of likely N-dealkylation sites (tertiary alicyclic amines) is 1. The van der Waals surface area contributed by atoms with E-state index in [1.54, 1.807) is 9.80 Å². The highest BCUT2D eigenvalue weighted by molar-refractivity contribution is 5.81. The fourth-order valence-electron chi connectivity index (χ4n) is 2.75. The van der Waals surface area contributed by atoms with Crippen molar-refractivity contribution < 1.29 is 24.2 Å². The van der Waals surface area contributed by atoms with E-state index < -0.39 is 18.1 Å². The van der Waals surface area contributed by atoms with Gasteiger partial charge in [0.05, 0.1) is 32.5 Å². The molecule has 2 heterocycles. The molecular weight excluding hydrogens is 264 g/mol. The molecule has 0 radical (unpaired) electrons. The van der Waals surface area contributed by atoms with E-state index in [2.05, 4.69) is 0 Å². The van der Waals surface area contributed by atoms with Crippen LogP contribution in [0.25, 0.3) is 0 Å². The van der Waals surface area contributed by atoms with Gasteiger partial charge in [0.2, 0.25) is 5.91 Å². The molecule has 0 aliphatic carbocycles. The van der Waals surface area contributed by atoms with Gasteiger partial charge in [0, 0.05) is 26.1 Å². The predicted molar refractivity (Wildman–Crippen MR) is 70.0 cm³/mol. The Hall–Kier alpha value is -1.18. The summed E-state index contributed by atoms with van der Waals surface area (Å²) in [4.78, 5) is 27.4. The molecule has 0 spiro atoms. The second-order valence-corrected chi connectivity index (χ2v) is 5.38. The number of nitrogens with zero attached hydrogens (tertiary/aromatic N) is 2. The molecule has 0 aromatic carbocycles. The van der Waals surface area contributed by atoms with Crippen LogP contribution >= 0.6 is 0 Å². The zero-order valence-corrected chi connectivity index (χ0v) is 11.9. The quantitative estimate of drug-likeness (QED) is 0.660. The van der Waals surface area contributed by atoms with E-state index >= 15 is 0 Å². The second kappa shape index (κ2) is 6.51. The number of morpholine rings is 1. The molecule has 7 nitrogen and oxygen atoms in total. The Bertz CT molecular complexity index is 376. The Morgan fingerprint density at radius 1 is 1.40 bits per heavy atom. The highest BCUT2D eigenvalue weighted by atomic mass is 16.5. The van der Waals surface area contributed by atoms with Crippen LogP contribution in [-0.4, -0.2) is 84.9 Å². The van der Waals surface area contributed by atoms with Crippen molar-refractivity contribution in [2.75, 3.05) is 39.9 Å². The Morgan fingerprint density at radius 3 is 2.80 bits per heavy atom. The van der Waals surface area contributed by atoms with E-state index in [9.17, 15) is 14.7 Å². The van der Waals surface area contributed by atoms with Crippen LogP contribution in [0.1, 0.15) is 13.3 Å². The van der Waals surface area contributed by atoms with Crippen molar-refractivity contribution in [3.63, 3.8) is 0 Å². The van der Waals surface area contributed by atoms with Gasteiger partial charge in [-0.2, -0.15) is 0 Å². The van der Waals surface area contributed by atoms with Crippen LogP contribution in [0, 0.1) is 0 Å². The van der Waals surface area contributed by atoms with Gasteiger partial charge in [0.1, 0.15) is 6.04 Å². The molecule has 3 atom stereocenters. The largest absolute Gasteiger partial charge is 0.468 e. The summed E-state index contributed by atoms with van der Waals surface area (Å²) >= 11 is 0. The monoisotopic (exact) mass is 286 g/mol. The topological polar surface area (TPSA) is 79.3 Å². The SMILES string of the molecule is COC(=O)C1CC(O)CN1CC(=O)N1CCOC(C)C1. The van der Waals surface area contributed by atoms with Crippen LogP contribution in [-0.2, 0) is 19.1 Å². The predicted octanol–water partition coefficient (Wildman–Crippen LogP) is -1.16. The minimum Gasteiger partial charge on any atom is -0.468 e. The van der Waals surface area contributed by atoms with Crippen molar-refractivity contribution in [2.45, 2.75) is 31.6 Å². The second-order valence-electron chi connectivity index (χ2n) is 5.38. The number of esters is 1. The standard InChI is InChI=1S/C13H22N2O5/c1-9-6-14(3-4-20-9)12(17)8-15-7-10(16)5-11(15)13(18)19-2/h9-11,16H,3-8H2,1-2H3. The van der Waals surface area contributed by atoms with Gasteiger partial charge in [-0.05, 0) is 6.92 Å². The molecule has 0 aromatic heterocycles. The highest BCUT2D eigenvalue weighted by Crippen LogP contribution is 2.19. The molecule has 2 aliphatic heterocycles. The molecule has 1 N–H and O–H groups in total. The number of ether oxygens (including phenoxy) is 2. The maximum absolute atomic E-state index is 12.3. The van der Waals surface area contributed by atoms with Gasteiger partial charge in [-0.3, -0.25) is 14.5 Å². The van der Waals surface area contributed by atoms with E-state index in [1.807, 2.05) is 6.92 Å². The van der Waals surface area contributed by atoms with Gasteiger partial charge in [-0.25, -0.2) is 0 Å². The Morgan fingerprint density at radius 2 is 2.15 bits per heavy atom. The first-order valence-electron chi connectivity index (χ1n) is 6.90. The molecule has 114 valence electrons. The lowest BCUT2D eigenvalue weighted by molar-refractivity contribution is -0.147. The number of hydrogen-bond acceptors (Lipinski definition) is 6. The van der Waals surface area contributed by atoms with Crippen molar-refractivity contribution in [1.29, 1.82) is 0 Å². The molecule has 2 saturated heterocycles. The Kier molecular flexibility index (Phi) is 4.95. The fourth-order valence-corrected chi connectivity index (χ4v) is 2.75. The molecule has 3 unspecified atom stereocenters. The van der Waals surface area contributed by atoms with Crippen LogP contribution in [0.15, 0.2) is 0 Å². The first-order chi connectivity index (χ1) is 9.51. The van der Waals surface area contributed by atoms with Gasteiger partial charge in [0.25, 0.3) is 0 Å². The minimum absolute atomic E-state index is 0.0354. The maximum Gasteiger partial charge on any atom is 0.323 e. The van der Waals surface area contributed by atoms with E-state index in [0.29, 0.717) is 32.7 Å². The number of carbonyl (C=O) groups is 2. The number of aliphatic hydroxyl groups is 1. The summed E-state index contributed by atoms with van der Waals surface area (Å²) in [5, 5.41) is 9.69. The summed E-state index contributed by atoms with van der Waals surface area (Å²) < 4.78 is 10.1. The van der Waals surface area contributed by atoms with Gasteiger partial charge >= 0.3 is 5.97 Å². The molecule has 2 fully saturated rings. The smallest absolute Gasteiger partial charge is 0.323 e. The van der Waals surface area contributed by atoms with Crippen LogP contribution in [0.2, 0.25) is 0 Å². The van der Waals surface area contributed by atoms with E-state index in [4.69, 9.17) is 9.47 Å². The number of rotatable bonds is 3. The van der Waals surface area contributed by atoms with E-state index in [1.165, 1.54) is 7.11 Å². The molecule has 7 heteroatoms. The summed E-state index contributed by atoms with van der Waals surface area (Å²) in [6.45, 7) is 4.06. The van der Waals surface area contributed by atoms with Gasteiger partial charge in [-0.1, -0.05) is 0 Å². The normalized spacial score (nSPS) is 31.4. The summed E-state index contributed by atoms with van der Waals surface area (Å²) in [5.74, 6) is -0.437. The van der Waals surface area contributed by atoms with Crippen molar-refractivity contribution in [3.8, 4) is 0 Å². The third kappa shape index (κ3) is 3.47. The zero-order chi connectivity index (χ0) is 14.7. The van der Waals surface area contributed by atoms with Gasteiger partial charge in [-0.15, -0.1) is 0 Å². The number of carbonyl (C=O) groups excluding carboxylic acids is 2. The van der Waals surface area contributed by atoms with Gasteiger partial charge in [0.15, 0.2) is 0 Å². The van der Waals surface area contributed by atoms with Gasteiger partial charge < -0.3 is 19.5 Å². The molecule has 2 aliphatic rings. The van der Waals surface area contributed by atoms with Crippen molar-refractivity contribution >= 4 is 11.9 Å². The zero-order valence-electron chi connectivity index (χ0n) is 11.9. The van der Waals surface area contributed by atoms with Crippen LogP contribution in [0.3, 0.4) is 0 Å². The summed E-state index contributed by atoms with van der Waals surface area (Å²) in [6, 6.07) is -0.530. The lowest BCUT2D eigenvalue weighted by Crippen LogP contribution is -2.50. The van der Waals surface area contributed by atoms with Crippen molar-refractivity contribution in [1.82, 2.24) is 9.80 Å². The fraction of sp³-hybridized carbons (Fsp3) is 0.846. The Balaban J connectivity index is 1.93. The third-order valence-electron chi connectivity index (χ3n) is 3.79. The molecule has 1 amide bonds. The third-order valence-corrected chi connectivity index (χ3v) is 3.79. The molecule has 2 rings (SSSR count). The van der Waals surface area contributed by atoms with E-state index in [-0.39, 0.29) is 18.6 Å². The number of hydrogen-bond donors (Lipinski definition) is 1. The van der Waals surface area contributed by atoms with Crippen molar-refractivity contribution in [2.24, 2.45) is 0 Å². The van der Waals surface area contributed by atoms with Crippen LogP contribution < -0.4 is 0 Å². The summed E-state index contributed by atoms with van der Waals surface area (Å²) in [5.41, 5.74) is 0. The Labute approximate surface area is 118 Å². The average Bonchev–Trinajstić information content (AvgIpc) is 2.78. The first kappa shape index (κ1) is 15.2. The molecular formula is C13H22N2O5. The van der Waals surface area contributed by atoms with E-state index in [0.717, 1.165) is 0 Å². The minimum atomic E-state index is -0.587. The molecule has 0 bridgehead atoms. The average molecular weight is 286 g/mol. The van der Waals surface area contributed by atoms with Crippen LogP contribution in [0.4, 0.5) is 0 Å². The summed E-state index contributed by atoms with van der Waals surface area (Å²) in [6.07, 6.45) is -0.233. The number of β-amino-alcohol motifs (C(OH)–C–C–N with tert-alkyl or cyclic N) is 1. The molecule has 0 saturated carbocycles. The number of aliphatic hydroxyl groups excluding tert-OH is 1. The lowest BCUT2D eigenvalue weighted by atomic mass is 10.2. The lowest BCUT2D eigenvalue weighted by Gasteiger charge is -2.33. The number of amides is 1. The highest BCUT2D eigenvalue weighted by Gasteiger charge is 2.38. The molecule has 20 heavy (non-hydrogen) atoms. The first-order valence-corrected chi connectivity index (χ1v) is 6.90. The van der Waals surface area contributed by atoms with Crippen molar-refractivity contribution in [3.05, 3.63) is 0 Å².